The van der Waals surface area contributed by atoms with E-state index in [-0.39, 0.29) is 18.7 Å². The van der Waals surface area contributed by atoms with E-state index >= 15 is 0 Å². The van der Waals surface area contributed by atoms with Gasteiger partial charge in [-0.3, -0.25) is 4.79 Å². The number of oxime groups is 1. The van der Waals surface area contributed by atoms with Gasteiger partial charge in [-0.15, -0.1) is 0 Å². The average Bonchev–Trinajstić information content (AvgIpc) is 2.85. The van der Waals surface area contributed by atoms with Gasteiger partial charge >= 0.3 is 5.97 Å². The molecule has 0 spiro atoms. The van der Waals surface area contributed by atoms with Gasteiger partial charge in [-0.25, -0.2) is 4.39 Å². The summed E-state index contributed by atoms with van der Waals surface area (Å²) in [5.74, 6) is -0.522. The Kier molecular flexibility index (Phi) is 10.1. The van der Waals surface area contributed by atoms with Gasteiger partial charge in [0, 0.05) is 18.7 Å². The Balaban J connectivity index is 1.63. The van der Waals surface area contributed by atoms with Crippen LogP contribution in [0.5, 0.6) is 5.75 Å². The van der Waals surface area contributed by atoms with E-state index in [1.807, 2.05) is 26.0 Å². The molecule has 2 N–H and O–H groups in total. The van der Waals surface area contributed by atoms with E-state index in [0.29, 0.717) is 31.0 Å². The first-order valence-corrected chi connectivity index (χ1v) is 12.5. The van der Waals surface area contributed by atoms with Crippen molar-refractivity contribution in [3.63, 3.8) is 0 Å². The Morgan fingerprint density at radius 2 is 1.81 bits per heavy atom. The summed E-state index contributed by atoms with van der Waals surface area (Å²) in [7, 11) is 0. The molecule has 0 saturated carbocycles. The smallest absolute Gasteiger partial charge is 0.303 e. The number of halogens is 1. The van der Waals surface area contributed by atoms with Crippen LogP contribution in [0, 0.1) is 19.7 Å². The van der Waals surface area contributed by atoms with Gasteiger partial charge in [0.1, 0.15) is 24.8 Å². The van der Waals surface area contributed by atoms with Crippen molar-refractivity contribution >= 4 is 17.4 Å². The molecule has 0 aromatic heterocycles. The molecule has 37 heavy (non-hydrogen) atoms. The molecular formula is C30H35FN2O4. The SMILES string of the molecule is CCO/N=C(\C)COc1cc(C)c(-c2cccc(CCNc3ccc(CCC(=O)O)c(F)c3)c2)c(C)c1. The van der Waals surface area contributed by atoms with Gasteiger partial charge in [-0.2, -0.15) is 0 Å². The fourth-order valence-electron chi connectivity index (χ4n) is 4.19. The molecule has 3 rings (SSSR count). The van der Waals surface area contributed by atoms with E-state index in [9.17, 15) is 9.18 Å². The molecule has 6 nitrogen and oxygen atoms in total. The van der Waals surface area contributed by atoms with Crippen molar-refractivity contribution in [1.29, 1.82) is 0 Å². The fraction of sp³-hybridized carbons (Fsp3) is 0.333. The molecule has 0 unspecified atom stereocenters. The van der Waals surface area contributed by atoms with E-state index in [1.54, 1.807) is 12.1 Å². The molecule has 3 aromatic carbocycles. The maximum atomic E-state index is 14.3. The second kappa shape index (κ2) is 13.4. The first-order chi connectivity index (χ1) is 17.8. The average molecular weight is 507 g/mol. The van der Waals surface area contributed by atoms with Crippen molar-refractivity contribution in [3.8, 4) is 16.9 Å². The second-order valence-electron chi connectivity index (χ2n) is 9.04. The van der Waals surface area contributed by atoms with Crippen LogP contribution in [0.25, 0.3) is 11.1 Å². The number of anilines is 1. The van der Waals surface area contributed by atoms with Gasteiger partial charge in [0.05, 0.1) is 5.71 Å². The lowest BCUT2D eigenvalue weighted by Crippen LogP contribution is -2.08. The van der Waals surface area contributed by atoms with Crippen molar-refractivity contribution in [2.24, 2.45) is 5.16 Å². The Morgan fingerprint density at radius 1 is 1.05 bits per heavy atom. The summed E-state index contributed by atoms with van der Waals surface area (Å²) in [6.07, 6.45) is 0.869. The van der Waals surface area contributed by atoms with Crippen molar-refractivity contribution in [2.45, 2.75) is 47.0 Å². The topological polar surface area (TPSA) is 80.2 Å². The van der Waals surface area contributed by atoms with Gasteiger partial charge in [-0.05, 0) is 98.2 Å². The van der Waals surface area contributed by atoms with Crippen molar-refractivity contribution in [3.05, 3.63) is 82.7 Å². The first kappa shape index (κ1) is 27.7. The lowest BCUT2D eigenvalue weighted by Gasteiger charge is -2.15. The van der Waals surface area contributed by atoms with E-state index in [0.717, 1.165) is 34.6 Å². The lowest BCUT2D eigenvalue weighted by atomic mass is 9.94. The number of rotatable bonds is 13. The van der Waals surface area contributed by atoms with Crippen LogP contribution in [0.1, 0.15) is 42.5 Å². The van der Waals surface area contributed by atoms with E-state index in [4.69, 9.17) is 14.7 Å². The molecule has 0 atom stereocenters. The Labute approximate surface area is 218 Å². The van der Waals surface area contributed by atoms with Crippen LogP contribution in [0.3, 0.4) is 0 Å². The number of nitrogens with one attached hydrogen (secondary N) is 1. The molecule has 0 radical (unpaired) electrons. The zero-order valence-electron chi connectivity index (χ0n) is 21.9. The summed E-state index contributed by atoms with van der Waals surface area (Å²) in [5, 5.41) is 16.0. The van der Waals surface area contributed by atoms with E-state index in [2.05, 4.69) is 48.6 Å². The number of aryl methyl sites for hydroxylation is 3. The molecule has 0 aliphatic rings. The molecule has 196 valence electrons. The molecule has 7 heteroatoms. The highest BCUT2D eigenvalue weighted by Gasteiger charge is 2.10. The number of aliphatic carboxylic acids is 1. The predicted molar refractivity (Wildman–Crippen MR) is 146 cm³/mol. The number of nitrogens with zero attached hydrogens (tertiary/aromatic N) is 1. The molecule has 0 fully saturated rings. The fourth-order valence-corrected chi connectivity index (χ4v) is 4.19. The highest BCUT2D eigenvalue weighted by molar-refractivity contribution is 5.83. The Bertz CT molecular complexity index is 1230. The van der Waals surface area contributed by atoms with Crippen LogP contribution in [0.4, 0.5) is 10.1 Å². The first-order valence-electron chi connectivity index (χ1n) is 12.5. The van der Waals surface area contributed by atoms with Crippen LogP contribution in [0.2, 0.25) is 0 Å². The molecule has 0 heterocycles. The van der Waals surface area contributed by atoms with Crippen LogP contribution in [0.15, 0.2) is 59.8 Å². The maximum Gasteiger partial charge on any atom is 0.303 e. The third-order valence-corrected chi connectivity index (χ3v) is 5.92. The van der Waals surface area contributed by atoms with Crippen LogP contribution in [-0.2, 0) is 22.5 Å². The highest BCUT2D eigenvalue weighted by atomic mass is 19.1. The molecule has 0 aliphatic heterocycles. The van der Waals surface area contributed by atoms with Crippen LogP contribution < -0.4 is 10.1 Å². The molecule has 0 aliphatic carbocycles. The summed E-state index contributed by atoms with van der Waals surface area (Å²) in [6, 6.07) is 17.4. The van der Waals surface area contributed by atoms with Crippen molar-refractivity contribution in [2.75, 3.05) is 25.1 Å². The van der Waals surface area contributed by atoms with Crippen molar-refractivity contribution in [1.82, 2.24) is 0 Å². The monoisotopic (exact) mass is 506 g/mol. The summed E-state index contributed by atoms with van der Waals surface area (Å²) >= 11 is 0. The van der Waals surface area contributed by atoms with E-state index in [1.165, 1.54) is 17.2 Å². The number of carboxylic acids is 1. The van der Waals surface area contributed by atoms with Gasteiger partial charge in [0.25, 0.3) is 0 Å². The largest absolute Gasteiger partial charge is 0.488 e. The normalized spacial score (nSPS) is 11.3. The highest BCUT2D eigenvalue weighted by Crippen LogP contribution is 2.31. The zero-order valence-corrected chi connectivity index (χ0v) is 21.9. The third kappa shape index (κ3) is 8.34. The zero-order chi connectivity index (χ0) is 26.8. The minimum absolute atomic E-state index is 0.0856. The number of carboxylic acid groups (broad SMARTS) is 1. The third-order valence-electron chi connectivity index (χ3n) is 5.92. The molecular weight excluding hydrogens is 471 g/mol. The lowest BCUT2D eigenvalue weighted by molar-refractivity contribution is -0.136. The summed E-state index contributed by atoms with van der Waals surface area (Å²) in [5.41, 5.74) is 7.62. The molecule has 0 amide bonds. The maximum absolute atomic E-state index is 14.3. The number of hydrogen-bond donors (Lipinski definition) is 2. The van der Waals surface area contributed by atoms with Crippen LogP contribution in [-0.4, -0.2) is 36.5 Å². The standard InChI is InChI=1S/C30H35FN2O4/c1-5-37-33-22(4)19-36-27-15-20(2)30(21(3)16-27)25-8-6-7-23(17-25)13-14-32-26-11-9-24(28(31)18-26)10-12-29(34)35/h6-9,11,15-18,32H,5,10,12-14,19H2,1-4H3,(H,34,35)/b33-22+. The van der Waals surface area contributed by atoms with Gasteiger partial charge in [-0.1, -0.05) is 35.5 Å². The minimum Gasteiger partial charge on any atom is -0.488 e. The van der Waals surface area contributed by atoms with Gasteiger partial charge in [0.2, 0.25) is 0 Å². The Hall–Kier alpha value is -3.87. The number of carbonyl (C=O) groups is 1. The number of ether oxygens (including phenoxy) is 1. The quantitative estimate of drug-likeness (QED) is 0.202. The van der Waals surface area contributed by atoms with Gasteiger partial charge < -0.3 is 20.0 Å². The molecule has 0 bridgehead atoms. The summed E-state index contributed by atoms with van der Waals surface area (Å²) in [4.78, 5) is 15.8. The Morgan fingerprint density at radius 3 is 2.49 bits per heavy atom. The number of hydrogen-bond acceptors (Lipinski definition) is 5. The molecule has 3 aromatic rings. The second-order valence-corrected chi connectivity index (χ2v) is 9.04. The summed E-state index contributed by atoms with van der Waals surface area (Å²) in [6.45, 7) is 9.47. The van der Waals surface area contributed by atoms with Crippen LogP contribution >= 0.6 is 0 Å². The minimum atomic E-state index is -0.933. The van der Waals surface area contributed by atoms with E-state index < -0.39 is 5.97 Å². The van der Waals surface area contributed by atoms with Gasteiger partial charge in [0.15, 0.2) is 0 Å². The number of benzene rings is 3. The molecule has 0 saturated heterocycles. The summed E-state index contributed by atoms with van der Waals surface area (Å²) < 4.78 is 20.2. The predicted octanol–water partition coefficient (Wildman–Crippen LogP) is 6.57. The van der Waals surface area contributed by atoms with Crippen molar-refractivity contribution < 1.29 is 23.9 Å².